The molecule has 2 aliphatic rings. The van der Waals surface area contributed by atoms with Gasteiger partial charge in [0, 0.05) is 25.5 Å². The molecule has 0 aromatic carbocycles. The summed E-state index contributed by atoms with van der Waals surface area (Å²) in [7, 11) is 0. The van der Waals surface area contributed by atoms with Crippen LogP contribution in [0.25, 0.3) is 0 Å². The molecule has 1 spiro atoms. The highest BCUT2D eigenvalue weighted by atomic mass is 35.5. The van der Waals surface area contributed by atoms with Gasteiger partial charge in [0.1, 0.15) is 0 Å². The van der Waals surface area contributed by atoms with Crippen molar-refractivity contribution in [1.29, 1.82) is 0 Å². The average Bonchev–Trinajstić information content (AvgIpc) is 2.45. The summed E-state index contributed by atoms with van der Waals surface area (Å²) in [6, 6.07) is 0. The molecule has 0 aromatic rings. The van der Waals surface area contributed by atoms with Crippen molar-refractivity contribution in [1.82, 2.24) is 9.80 Å². The van der Waals surface area contributed by atoms with Gasteiger partial charge in [0.15, 0.2) is 0 Å². The molecule has 2 heterocycles. The molecule has 1 amide bonds. The third-order valence-corrected chi connectivity index (χ3v) is 3.51. The van der Waals surface area contributed by atoms with Crippen molar-refractivity contribution in [2.45, 2.75) is 18.4 Å². The summed E-state index contributed by atoms with van der Waals surface area (Å²) in [5.41, 5.74) is 0.132. The lowest BCUT2D eigenvalue weighted by atomic mass is 9.87. The zero-order valence-corrected chi connectivity index (χ0v) is 8.83. The largest absolute Gasteiger partial charge is 0.465 e. The van der Waals surface area contributed by atoms with Crippen LogP contribution in [0.15, 0.2) is 0 Å². The number of rotatable bonds is 2. The van der Waals surface area contributed by atoms with E-state index in [4.69, 9.17) is 16.7 Å². The van der Waals surface area contributed by atoms with Gasteiger partial charge in [-0.15, -0.1) is 11.6 Å². The van der Waals surface area contributed by atoms with Gasteiger partial charge in [-0.1, -0.05) is 0 Å². The van der Waals surface area contributed by atoms with Crippen LogP contribution in [0, 0.1) is 0 Å². The van der Waals surface area contributed by atoms with E-state index >= 15 is 0 Å². The normalized spacial score (nSPS) is 25.4. The third-order valence-electron chi connectivity index (χ3n) is 3.34. The molecule has 2 fully saturated rings. The monoisotopic (exact) mass is 218 g/mol. The fourth-order valence-electron chi connectivity index (χ4n) is 2.60. The Bertz CT molecular complexity index is 241. The van der Waals surface area contributed by atoms with E-state index in [1.54, 1.807) is 0 Å². The average molecular weight is 219 g/mol. The third kappa shape index (κ3) is 1.46. The molecule has 0 unspecified atom stereocenters. The topological polar surface area (TPSA) is 43.8 Å². The highest BCUT2D eigenvalue weighted by molar-refractivity contribution is 6.18. The number of alkyl halides is 1. The van der Waals surface area contributed by atoms with E-state index in [0.29, 0.717) is 19.0 Å². The first kappa shape index (κ1) is 10.1. The number of halogens is 1. The summed E-state index contributed by atoms with van der Waals surface area (Å²) in [6.45, 7) is 3.29. The van der Waals surface area contributed by atoms with Gasteiger partial charge in [-0.05, 0) is 19.4 Å². The Hall–Kier alpha value is -0.480. The summed E-state index contributed by atoms with van der Waals surface area (Å²) in [5, 5.41) is 8.77. The van der Waals surface area contributed by atoms with Crippen LogP contribution in [-0.4, -0.2) is 58.6 Å². The molecule has 4 nitrogen and oxygen atoms in total. The molecule has 0 aliphatic carbocycles. The minimum Gasteiger partial charge on any atom is -0.465 e. The second kappa shape index (κ2) is 3.59. The summed E-state index contributed by atoms with van der Waals surface area (Å²) < 4.78 is 0. The first-order chi connectivity index (χ1) is 6.68. The number of amides is 1. The Kier molecular flexibility index (Phi) is 2.58. The smallest absolute Gasteiger partial charge is 0.407 e. The Labute approximate surface area is 88.4 Å². The van der Waals surface area contributed by atoms with Gasteiger partial charge in [0.2, 0.25) is 0 Å². The molecule has 0 bridgehead atoms. The second-order valence-electron chi connectivity index (χ2n) is 4.14. The number of hydrogen-bond acceptors (Lipinski definition) is 2. The van der Waals surface area contributed by atoms with Gasteiger partial charge in [-0.25, -0.2) is 4.79 Å². The van der Waals surface area contributed by atoms with E-state index in [1.807, 2.05) is 0 Å². The molecule has 5 heteroatoms. The van der Waals surface area contributed by atoms with Crippen molar-refractivity contribution in [2.24, 2.45) is 0 Å². The van der Waals surface area contributed by atoms with E-state index in [0.717, 1.165) is 19.5 Å². The Balaban J connectivity index is 1.94. The lowest BCUT2D eigenvalue weighted by molar-refractivity contribution is -0.0153. The van der Waals surface area contributed by atoms with Crippen LogP contribution in [0.1, 0.15) is 12.8 Å². The van der Waals surface area contributed by atoms with E-state index in [2.05, 4.69) is 4.90 Å². The molecule has 0 saturated carbocycles. The van der Waals surface area contributed by atoms with Crippen molar-refractivity contribution < 1.29 is 9.90 Å². The number of hydrogen-bond donors (Lipinski definition) is 1. The van der Waals surface area contributed by atoms with E-state index in [-0.39, 0.29) is 5.54 Å². The fourth-order valence-corrected chi connectivity index (χ4v) is 2.81. The van der Waals surface area contributed by atoms with Crippen LogP contribution in [0.4, 0.5) is 4.79 Å². The van der Waals surface area contributed by atoms with Gasteiger partial charge >= 0.3 is 6.09 Å². The SMILES string of the molecule is O=C(O)N1CC2(CCCN2CCCl)C1. The molecule has 2 aliphatic heterocycles. The molecule has 2 saturated heterocycles. The first-order valence-electron chi connectivity index (χ1n) is 4.97. The van der Waals surface area contributed by atoms with Crippen LogP contribution in [0.3, 0.4) is 0 Å². The van der Waals surface area contributed by atoms with Crippen LogP contribution in [-0.2, 0) is 0 Å². The van der Waals surface area contributed by atoms with Crippen LogP contribution in [0.2, 0.25) is 0 Å². The Morgan fingerprint density at radius 1 is 1.50 bits per heavy atom. The lowest BCUT2D eigenvalue weighted by Gasteiger charge is -2.51. The molecule has 14 heavy (non-hydrogen) atoms. The van der Waals surface area contributed by atoms with E-state index in [9.17, 15) is 4.79 Å². The van der Waals surface area contributed by atoms with Crippen LogP contribution >= 0.6 is 11.6 Å². The zero-order chi connectivity index (χ0) is 10.2. The molecule has 80 valence electrons. The molecule has 0 aromatic heterocycles. The molecular weight excluding hydrogens is 204 g/mol. The number of carbonyl (C=O) groups is 1. The molecule has 0 radical (unpaired) electrons. The van der Waals surface area contributed by atoms with Gasteiger partial charge in [-0.3, -0.25) is 4.90 Å². The van der Waals surface area contributed by atoms with Crippen molar-refractivity contribution in [3.8, 4) is 0 Å². The van der Waals surface area contributed by atoms with Crippen molar-refractivity contribution in [3.05, 3.63) is 0 Å². The maximum atomic E-state index is 10.7. The standard InChI is InChI=1S/C9H15ClN2O2/c10-3-5-12-4-1-2-9(12)6-11(7-9)8(13)14/h1-7H2,(H,13,14). The van der Waals surface area contributed by atoms with Gasteiger partial charge in [0.25, 0.3) is 0 Å². The summed E-state index contributed by atoms with van der Waals surface area (Å²) >= 11 is 5.72. The number of nitrogens with zero attached hydrogens (tertiary/aromatic N) is 2. The quantitative estimate of drug-likeness (QED) is 0.705. The summed E-state index contributed by atoms with van der Waals surface area (Å²) in [4.78, 5) is 14.5. The number of carboxylic acid groups (broad SMARTS) is 1. The second-order valence-corrected chi connectivity index (χ2v) is 4.52. The highest BCUT2D eigenvalue weighted by Crippen LogP contribution is 2.37. The Morgan fingerprint density at radius 2 is 2.21 bits per heavy atom. The van der Waals surface area contributed by atoms with Gasteiger partial charge in [0.05, 0.1) is 5.54 Å². The highest BCUT2D eigenvalue weighted by Gasteiger charge is 2.51. The van der Waals surface area contributed by atoms with Crippen LogP contribution < -0.4 is 0 Å². The molecule has 1 N–H and O–H groups in total. The lowest BCUT2D eigenvalue weighted by Crippen LogP contribution is -2.68. The predicted octanol–water partition coefficient (Wildman–Crippen LogP) is 1.05. The molecular formula is C9H15ClN2O2. The van der Waals surface area contributed by atoms with Gasteiger partial charge in [-0.2, -0.15) is 0 Å². The van der Waals surface area contributed by atoms with Crippen molar-refractivity contribution >= 4 is 17.7 Å². The fraction of sp³-hybridized carbons (Fsp3) is 0.889. The van der Waals surface area contributed by atoms with Crippen molar-refractivity contribution in [2.75, 3.05) is 32.1 Å². The maximum absolute atomic E-state index is 10.7. The first-order valence-corrected chi connectivity index (χ1v) is 5.50. The van der Waals surface area contributed by atoms with E-state index < -0.39 is 6.09 Å². The van der Waals surface area contributed by atoms with Crippen LogP contribution in [0.5, 0.6) is 0 Å². The van der Waals surface area contributed by atoms with Crippen molar-refractivity contribution in [3.63, 3.8) is 0 Å². The molecule has 0 atom stereocenters. The predicted molar refractivity (Wildman–Crippen MR) is 53.9 cm³/mol. The summed E-state index contributed by atoms with van der Waals surface area (Å²) in [5.74, 6) is 0.634. The minimum absolute atomic E-state index is 0.132. The number of likely N-dealkylation sites (tertiary alicyclic amines) is 2. The summed E-state index contributed by atoms with van der Waals surface area (Å²) in [6.07, 6.45) is 1.49. The van der Waals surface area contributed by atoms with Gasteiger partial charge < -0.3 is 10.0 Å². The van der Waals surface area contributed by atoms with E-state index in [1.165, 1.54) is 11.3 Å². The molecule has 2 rings (SSSR count). The Morgan fingerprint density at radius 3 is 2.79 bits per heavy atom. The minimum atomic E-state index is -0.798. The maximum Gasteiger partial charge on any atom is 0.407 e. The zero-order valence-electron chi connectivity index (χ0n) is 8.08.